The maximum absolute atomic E-state index is 12.0. The number of nitrogens with zero attached hydrogens (tertiary/aromatic N) is 2. The van der Waals surface area contributed by atoms with Crippen molar-refractivity contribution in [2.24, 2.45) is 5.10 Å². The first-order chi connectivity index (χ1) is 13.4. The van der Waals surface area contributed by atoms with E-state index in [1.165, 1.54) is 0 Å². The molecule has 3 aromatic rings. The molecule has 5 nitrogen and oxygen atoms in total. The van der Waals surface area contributed by atoms with Crippen molar-refractivity contribution in [3.05, 3.63) is 81.1 Å². The Morgan fingerprint density at radius 3 is 2.50 bits per heavy atom. The standard InChI is InChI=1S/C21H20Cl2N4O/c1-13-6-4-5-7-20(13)25-21(28)26-24-12-16-10-14(2)27(15(16)3)17-8-9-18(22)19(23)11-17/h4-12H,1-3H3,(H2,25,26,28). The van der Waals surface area contributed by atoms with Gasteiger partial charge in [-0.2, -0.15) is 5.10 Å². The summed E-state index contributed by atoms with van der Waals surface area (Å²) in [4.78, 5) is 12.0. The fourth-order valence-corrected chi connectivity index (χ4v) is 3.26. The Bertz CT molecular complexity index is 1060. The van der Waals surface area contributed by atoms with Gasteiger partial charge >= 0.3 is 6.03 Å². The summed E-state index contributed by atoms with van der Waals surface area (Å²) >= 11 is 12.2. The minimum atomic E-state index is -0.399. The average molecular weight is 415 g/mol. The minimum Gasteiger partial charge on any atom is -0.318 e. The predicted molar refractivity (Wildman–Crippen MR) is 116 cm³/mol. The topological polar surface area (TPSA) is 58.4 Å². The number of hydrogen-bond acceptors (Lipinski definition) is 2. The number of para-hydroxylation sites is 1. The number of urea groups is 1. The van der Waals surface area contributed by atoms with Crippen molar-refractivity contribution >= 4 is 41.1 Å². The van der Waals surface area contributed by atoms with E-state index in [9.17, 15) is 4.79 Å². The molecule has 0 bridgehead atoms. The highest BCUT2D eigenvalue weighted by molar-refractivity contribution is 6.42. The molecule has 0 aliphatic rings. The maximum Gasteiger partial charge on any atom is 0.339 e. The zero-order chi connectivity index (χ0) is 20.3. The molecule has 0 saturated carbocycles. The van der Waals surface area contributed by atoms with Crippen LogP contribution in [0.15, 0.2) is 53.6 Å². The summed E-state index contributed by atoms with van der Waals surface area (Å²) in [6, 6.07) is 14.6. The molecule has 28 heavy (non-hydrogen) atoms. The van der Waals surface area contributed by atoms with Crippen LogP contribution < -0.4 is 10.7 Å². The van der Waals surface area contributed by atoms with E-state index >= 15 is 0 Å². The number of amides is 2. The Morgan fingerprint density at radius 2 is 1.79 bits per heavy atom. The molecule has 0 aliphatic heterocycles. The molecule has 0 aliphatic carbocycles. The molecule has 1 aromatic heterocycles. The summed E-state index contributed by atoms with van der Waals surface area (Å²) in [5.74, 6) is 0. The van der Waals surface area contributed by atoms with Crippen molar-refractivity contribution in [2.75, 3.05) is 5.32 Å². The van der Waals surface area contributed by atoms with Gasteiger partial charge in [0.05, 0.1) is 16.3 Å². The zero-order valence-electron chi connectivity index (χ0n) is 15.8. The number of halogens is 2. The molecule has 0 spiro atoms. The molecule has 1 heterocycles. The molecule has 0 atom stereocenters. The van der Waals surface area contributed by atoms with Gasteiger partial charge in [-0.3, -0.25) is 0 Å². The monoisotopic (exact) mass is 414 g/mol. The van der Waals surface area contributed by atoms with E-state index in [0.29, 0.717) is 10.0 Å². The van der Waals surface area contributed by atoms with E-state index in [0.717, 1.165) is 33.9 Å². The lowest BCUT2D eigenvalue weighted by Gasteiger charge is -2.10. The van der Waals surface area contributed by atoms with Gasteiger partial charge in [0.2, 0.25) is 0 Å². The van der Waals surface area contributed by atoms with Crippen LogP contribution >= 0.6 is 23.2 Å². The lowest BCUT2D eigenvalue weighted by atomic mass is 10.2. The third-order valence-electron chi connectivity index (χ3n) is 4.39. The normalized spacial score (nSPS) is 11.0. The van der Waals surface area contributed by atoms with Crippen LogP contribution in [-0.4, -0.2) is 16.8 Å². The number of aromatic nitrogens is 1. The second kappa shape index (κ2) is 8.50. The fraction of sp³-hybridized carbons (Fsp3) is 0.143. The van der Waals surface area contributed by atoms with E-state index in [4.69, 9.17) is 23.2 Å². The van der Waals surface area contributed by atoms with Gasteiger partial charge in [-0.05, 0) is 56.7 Å². The SMILES string of the molecule is Cc1ccccc1NC(=O)NN=Cc1cc(C)n(-c2ccc(Cl)c(Cl)c2)c1C. The summed E-state index contributed by atoms with van der Waals surface area (Å²) in [5, 5.41) is 7.84. The molecule has 0 saturated heterocycles. The second-order valence-corrected chi connectivity index (χ2v) is 7.21. The summed E-state index contributed by atoms with van der Waals surface area (Å²) < 4.78 is 2.05. The number of anilines is 1. The van der Waals surface area contributed by atoms with Crippen molar-refractivity contribution in [2.45, 2.75) is 20.8 Å². The highest BCUT2D eigenvalue weighted by atomic mass is 35.5. The van der Waals surface area contributed by atoms with Gasteiger partial charge in [0.25, 0.3) is 0 Å². The molecule has 0 unspecified atom stereocenters. The second-order valence-electron chi connectivity index (χ2n) is 6.40. The van der Waals surface area contributed by atoms with Crippen LogP contribution in [0, 0.1) is 20.8 Å². The minimum absolute atomic E-state index is 0.399. The maximum atomic E-state index is 12.0. The summed E-state index contributed by atoms with van der Waals surface area (Å²) in [6.45, 7) is 5.90. The Balaban J connectivity index is 1.73. The first-order valence-corrected chi connectivity index (χ1v) is 9.42. The van der Waals surface area contributed by atoms with Crippen LogP contribution in [0.5, 0.6) is 0 Å². The average Bonchev–Trinajstić information content (AvgIpc) is 2.93. The lowest BCUT2D eigenvalue weighted by Crippen LogP contribution is -2.24. The Hall–Kier alpha value is -2.76. The molecule has 0 radical (unpaired) electrons. The van der Waals surface area contributed by atoms with Gasteiger partial charge in [0.1, 0.15) is 0 Å². The number of hydrogen-bond donors (Lipinski definition) is 2. The molecular weight excluding hydrogens is 395 g/mol. The van der Waals surface area contributed by atoms with Gasteiger partial charge in [0.15, 0.2) is 0 Å². The van der Waals surface area contributed by atoms with Crippen molar-refractivity contribution < 1.29 is 4.79 Å². The quantitative estimate of drug-likeness (QED) is 0.407. The van der Waals surface area contributed by atoms with E-state index in [-0.39, 0.29) is 0 Å². The lowest BCUT2D eigenvalue weighted by molar-refractivity contribution is 0.252. The van der Waals surface area contributed by atoms with Crippen LogP contribution in [0.2, 0.25) is 10.0 Å². The molecule has 2 amide bonds. The molecule has 0 fully saturated rings. The van der Waals surface area contributed by atoms with Crippen molar-refractivity contribution in [1.29, 1.82) is 0 Å². The fourth-order valence-electron chi connectivity index (χ4n) is 2.96. The molecule has 144 valence electrons. The number of nitrogens with one attached hydrogen (secondary N) is 2. The zero-order valence-corrected chi connectivity index (χ0v) is 17.3. The first-order valence-electron chi connectivity index (χ1n) is 8.67. The van der Waals surface area contributed by atoms with Crippen molar-refractivity contribution in [1.82, 2.24) is 9.99 Å². The molecule has 2 aromatic carbocycles. The number of carbonyl (C=O) groups is 1. The molecule has 7 heteroatoms. The summed E-state index contributed by atoms with van der Waals surface area (Å²) in [5.41, 5.74) is 8.00. The van der Waals surface area contributed by atoms with Crippen LogP contribution in [0.3, 0.4) is 0 Å². The molecular formula is C21H20Cl2N4O. The third kappa shape index (κ3) is 4.38. The predicted octanol–water partition coefficient (Wildman–Crippen LogP) is 5.86. The van der Waals surface area contributed by atoms with Crippen LogP contribution in [0.1, 0.15) is 22.5 Å². The Kier molecular flexibility index (Phi) is 6.07. The number of aryl methyl sites for hydroxylation is 2. The van der Waals surface area contributed by atoms with Gasteiger partial charge in [0, 0.05) is 28.3 Å². The van der Waals surface area contributed by atoms with Gasteiger partial charge in [-0.25, -0.2) is 10.2 Å². The Labute approximate surface area is 174 Å². The highest BCUT2D eigenvalue weighted by Gasteiger charge is 2.11. The van der Waals surface area contributed by atoms with Crippen molar-refractivity contribution in [3.63, 3.8) is 0 Å². The Morgan fingerprint density at radius 1 is 1.04 bits per heavy atom. The van der Waals surface area contributed by atoms with Gasteiger partial charge < -0.3 is 9.88 Å². The summed E-state index contributed by atoms with van der Waals surface area (Å²) in [7, 11) is 0. The summed E-state index contributed by atoms with van der Waals surface area (Å²) in [6.07, 6.45) is 1.62. The molecule has 3 rings (SSSR count). The first kappa shape index (κ1) is 20.0. The van der Waals surface area contributed by atoms with E-state index < -0.39 is 6.03 Å². The van der Waals surface area contributed by atoms with Crippen LogP contribution in [-0.2, 0) is 0 Å². The van der Waals surface area contributed by atoms with E-state index in [1.54, 1.807) is 12.3 Å². The smallest absolute Gasteiger partial charge is 0.318 e. The number of hydrazone groups is 1. The van der Waals surface area contributed by atoms with Crippen LogP contribution in [0.25, 0.3) is 5.69 Å². The van der Waals surface area contributed by atoms with Crippen LogP contribution in [0.4, 0.5) is 10.5 Å². The third-order valence-corrected chi connectivity index (χ3v) is 5.13. The van der Waals surface area contributed by atoms with Crippen molar-refractivity contribution in [3.8, 4) is 5.69 Å². The number of benzene rings is 2. The van der Waals surface area contributed by atoms with Gasteiger partial charge in [-0.1, -0.05) is 41.4 Å². The number of carbonyl (C=O) groups excluding carboxylic acids is 1. The van der Waals surface area contributed by atoms with Gasteiger partial charge in [-0.15, -0.1) is 0 Å². The molecule has 2 N–H and O–H groups in total. The van der Waals surface area contributed by atoms with E-state index in [1.807, 2.05) is 63.2 Å². The largest absolute Gasteiger partial charge is 0.339 e. The van der Waals surface area contributed by atoms with E-state index in [2.05, 4.69) is 20.4 Å². The number of rotatable bonds is 4. The highest BCUT2D eigenvalue weighted by Crippen LogP contribution is 2.27.